The molecule has 3 rings (SSSR count). The minimum atomic E-state index is -0.123. The maximum absolute atomic E-state index is 13.0. The van der Waals surface area contributed by atoms with Crippen molar-refractivity contribution in [1.29, 1.82) is 0 Å². The van der Waals surface area contributed by atoms with E-state index >= 15 is 0 Å². The molecule has 6 heteroatoms. The van der Waals surface area contributed by atoms with E-state index in [9.17, 15) is 9.59 Å². The second-order valence-corrected chi connectivity index (χ2v) is 8.43. The lowest BCUT2D eigenvalue weighted by Gasteiger charge is -2.37. The van der Waals surface area contributed by atoms with Crippen LogP contribution in [0.25, 0.3) is 0 Å². The summed E-state index contributed by atoms with van der Waals surface area (Å²) in [6.07, 6.45) is 1.78. The summed E-state index contributed by atoms with van der Waals surface area (Å²) in [5.74, 6) is 0.788. The van der Waals surface area contributed by atoms with E-state index in [1.165, 1.54) is 6.92 Å². The van der Waals surface area contributed by atoms with Gasteiger partial charge >= 0.3 is 0 Å². The van der Waals surface area contributed by atoms with Crippen LogP contribution in [0.3, 0.4) is 0 Å². The summed E-state index contributed by atoms with van der Waals surface area (Å²) >= 11 is 0. The number of nitrogens with zero attached hydrogens (tertiary/aromatic N) is 4. The number of piperazine rings is 1. The number of carbonyl (C=O) groups excluding carboxylic acids is 2. The standard InChI is InChI=1S/C23H30N4O2/c1-18(28)27(20-10-6-5-9-19(20)23(2,3)4)17-22(29)26-15-13-25(14-16-26)21-11-7-8-12-24-21/h5-12H,13-17H2,1-4H3. The van der Waals surface area contributed by atoms with Crippen molar-refractivity contribution in [2.45, 2.75) is 33.1 Å². The van der Waals surface area contributed by atoms with Gasteiger partial charge in [0.05, 0.1) is 0 Å². The molecule has 0 atom stereocenters. The SMILES string of the molecule is CC(=O)N(CC(=O)N1CCN(c2ccccn2)CC1)c1ccccc1C(C)(C)C. The van der Waals surface area contributed by atoms with Crippen LogP contribution >= 0.6 is 0 Å². The van der Waals surface area contributed by atoms with E-state index in [1.807, 2.05) is 47.4 Å². The highest BCUT2D eigenvalue weighted by molar-refractivity contribution is 5.98. The summed E-state index contributed by atoms with van der Waals surface area (Å²) in [5, 5.41) is 0. The van der Waals surface area contributed by atoms with Crippen LogP contribution in [-0.2, 0) is 15.0 Å². The van der Waals surface area contributed by atoms with Crippen LogP contribution in [0.4, 0.5) is 11.5 Å². The lowest BCUT2D eigenvalue weighted by atomic mass is 9.85. The maximum atomic E-state index is 13.0. The fraction of sp³-hybridized carbons (Fsp3) is 0.435. The van der Waals surface area contributed by atoms with Crippen molar-refractivity contribution in [3.05, 3.63) is 54.2 Å². The molecule has 0 N–H and O–H groups in total. The van der Waals surface area contributed by atoms with Gasteiger partial charge in [0.25, 0.3) is 0 Å². The summed E-state index contributed by atoms with van der Waals surface area (Å²) in [6.45, 7) is 10.7. The molecule has 1 aliphatic rings. The van der Waals surface area contributed by atoms with Gasteiger partial charge in [-0.3, -0.25) is 9.59 Å². The molecule has 1 aromatic heterocycles. The number of rotatable bonds is 4. The largest absolute Gasteiger partial charge is 0.353 e. The average Bonchev–Trinajstić information content (AvgIpc) is 2.72. The van der Waals surface area contributed by atoms with Gasteiger partial charge in [-0.1, -0.05) is 45.0 Å². The van der Waals surface area contributed by atoms with Crippen LogP contribution in [0.2, 0.25) is 0 Å². The van der Waals surface area contributed by atoms with Crippen molar-refractivity contribution in [3.8, 4) is 0 Å². The molecule has 2 amide bonds. The van der Waals surface area contributed by atoms with Crippen LogP contribution in [0.1, 0.15) is 33.3 Å². The topological polar surface area (TPSA) is 56.8 Å². The molecule has 2 aromatic rings. The monoisotopic (exact) mass is 394 g/mol. The first-order chi connectivity index (χ1) is 13.8. The van der Waals surface area contributed by atoms with E-state index in [2.05, 4.69) is 30.7 Å². The summed E-state index contributed by atoms with van der Waals surface area (Å²) in [5.41, 5.74) is 1.75. The summed E-state index contributed by atoms with van der Waals surface area (Å²) in [6, 6.07) is 13.7. The van der Waals surface area contributed by atoms with Crippen molar-refractivity contribution in [2.75, 3.05) is 42.5 Å². The minimum Gasteiger partial charge on any atom is -0.353 e. The number of hydrogen-bond acceptors (Lipinski definition) is 4. The van der Waals surface area contributed by atoms with Crippen LogP contribution in [0.15, 0.2) is 48.7 Å². The number of amides is 2. The highest BCUT2D eigenvalue weighted by atomic mass is 16.2. The van der Waals surface area contributed by atoms with Crippen molar-refractivity contribution in [2.24, 2.45) is 0 Å². The minimum absolute atomic E-state index is 0.0235. The van der Waals surface area contributed by atoms with Gasteiger partial charge in [-0.2, -0.15) is 0 Å². The molecule has 1 aromatic carbocycles. The van der Waals surface area contributed by atoms with Crippen LogP contribution < -0.4 is 9.80 Å². The smallest absolute Gasteiger partial charge is 0.242 e. The van der Waals surface area contributed by atoms with E-state index in [0.29, 0.717) is 13.1 Å². The number of anilines is 2. The zero-order valence-electron chi connectivity index (χ0n) is 17.8. The second kappa shape index (κ2) is 8.64. The molecular formula is C23H30N4O2. The molecule has 29 heavy (non-hydrogen) atoms. The molecule has 0 unspecified atom stereocenters. The van der Waals surface area contributed by atoms with Gasteiger partial charge in [0, 0.05) is 45.0 Å². The molecule has 1 fully saturated rings. The van der Waals surface area contributed by atoms with Gasteiger partial charge in [-0.15, -0.1) is 0 Å². The van der Waals surface area contributed by atoms with E-state index < -0.39 is 0 Å². The molecule has 154 valence electrons. The van der Waals surface area contributed by atoms with Crippen molar-refractivity contribution >= 4 is 23.3 Å². The Morgan fingerprint density at radius 2 is 1.66 bits per heavy atom. The Morgan fingerprint density at radius 3 is 2.24 bits per heavy atom. The molecular weight excluding hydrogens is 364 g/mol. The van der Waals surface area contributed by atoms with E-state index in [0.717, 1.165) is 30.2 Å². The number of carbonyl (C=O) groups is 2. The highest BCUT2D eigenvalue weighted by Gasteiger charge is 2.27. The van der Waals surface area contributed by atoms with Gasteiger partial charge < -0.3 is 14.7 Å². The highest BCUT2D eigenvalue weighted by Crippen LogP contribution is 2.32. The number of aromatic nitrogens is 1. The molecule has 2 heterocycles. The van der Waals surface area contributed by atoms with Crippen LogP contribution in [-0.4, -0.2) is 54.4 Å². The Hall–Kier alpha value is -2.89. The third-order valence-corrected chi connectivity index (χ3v) is 5.28. The molecule has 0 saturated carbocycles. The van der Waals surface area contributed by atoms with E-state index in [1.54, 1.807) is 11.1 Å². The van der Waals surface area contributed by atoms with Crippen molar-refractivity contribution in [3.63, 3.8) is 0 Å². The lowest BCUT2D eigenvalue weighted by Crippen LogP contribution is -2.52. The van der Waals surface area contributed by atoms with Gasteiger partial charge in [0.1, 0.15) is 12.4 Å². The van der Waals surface area contributed by atoms with E-state index in [-0.39, 0.29) is 23.8 Å². The summed E-state index contributed by atoms with van der Waals surface area (Å²) in [4.78, 5) is 35.4. The van der Waals surface area contributed by atoms with Crippen molar-refractivity contribution in [1.82, 2.24) is 9.88 Å². The Morgan fingerprint density at radius 1 is 1.00 bits per heavy atom. The summed E-state index contributed by atoms with van der Waals surface area (Å²) in [7, 11) is 0. The Kier molecular flexibility index (Phi) is 6.20. The molecule has 0 spiro atoms. The number of hydrogen-bond donors (Lipinski definition) is 0. The van der Waals surface area contributed by atoms with E-state index in [4.69, 9.17) is 0 Å². The van der Waals surface area contributed by atoms with Gasteiger partial charge in [-0.25, -0.2) is 4.98 Å². The molecule has 6 nitrogen and oxygen atoms in total. The normalized spacial score (nSPS) is 14.6. The van der Waals surface area contributed by atoms with Crippen LogP contribution in [0.5, 0.6) is 0 Å². The molecule has 0 bridgehead atoms. The zero-order valence-corrected chi connectivity index (χ0v) is 17.8. The number of benzene rings is 1. The lowest BCUT2D eigenvalue weighted by molar-refractivity contribution is -0.131. The first-order valence-electron chi connectivity index (χ1n) is 10.1. The molecule has 0 aliphatic carbocycles. The second-order valence-electron chi connectivity index (χ2n) is 8.43. The maximum Gasteiger partial charge on any atom is 0.242 e. The third-order valence-electron chi connectivity index (χ3n) is 5.28. The fourth-order valence-corrected chi connectivity index (χ4v) is 3.67. The third kappa shape index (κ3) is 4.94. The number of para-hydroxylation sites is 1. The molecule has 1 saturated heterocycles. The first kappa shape index (κ1) is 20.8. The molecule has 1 aliphatic heterocycles. The Balaban J connectivity index is 1.70. The van der Waals surface area contributed by atoms with Crippen LogP contribution in [0, 0.1) is 0 Å². The summed E-state index contributed by atoms with van der Waals surface area (Å²) < 4.78 is 0. The number of pyridine rings is 1. The van der Waals surface area contributed by atoms with Gasteiger partial charge in [-0.05, 0) is 29.2 Å². The predicted molar refractivity (Wildman–Crippen MR) is 116 cm³/mol. The van der Waals surface area contributed by atoms with Gasteiger partial charge in [0.2, 0.25) is 11.8 Å². The Labute approximate surface area is 173 Å². The predicted octanol–water partition coefficient (Wildman–Crippen LogP) is 3.08. The zero-order chi connectivity index (χ0) is 21.0. The Bertz CT molecular complexity index is 853. The quantitative estimate of drug-likeness (QED) is 0.800. The molecule has 0 radical (unpaired) electrons. The first-order valence-corrected chi connectivity index (χ1v) is 10.1. The average molecular weight is 395 g/mol. The van der Waals surface area contributed by atoms with Crippen molar-refractivity contribution < 1.29 is 9.59 Å². The fourth-order valence-electron chi connectivity index (χ4n) is 3.67. The van der Waals surface area contributed by atoms with Gasteiger partial charge in [0.15, 0.2) is 0 Å².